The number of aryl methyl sites for hydroxylation is 1. The Hall–Kier alpha value is -1.39. The van der Waals surface area contributed by atoms with Crippen molar-refractivity contribution in [3.63, 3.8) is 0 Å². The van der Waals surface area contributed by atoms with E-state index in [0.717, 1.165) is 12.0 Å². The van der Waals surface area contributed by atoms with Crippen molar-refractivity contribution in [1.29, 1.82) is 0 Å². The van der Waals surface area contributed by atoms with Gasteiger partial charge in [-0.2, -0.15) is 0 Å². The van der Waals surface area contributed by atoms with Gasteiger partial charge in [0.2, 0.25) is 5.91 Å². The smallest absolute Gasteiger partial charge is 0.220 e. The molecule has 1 aliphatic rings. The van der Waals surface area contributed by atoms with E-state index in [9.17, 15) is 9.90 Å². The second-order valence-electron chi connectivity index (χ2n) is 5.23. The van der Waals surface area contributed by atoms with Gasteiger partial charge in [-0.25, -0.2) is 0 Å². The van der Waals surface area contributed by atoms with Gasteiger partial charge < -0.3 is 15.5 Å². The molecule has 0 saturated heterocycles. The molecule has 1 fully saturated rings. The summed E-state index contributed by atoms with van der Waals surface area (Å²) >= 11 is 0. The second kappa shape index (κ2) is 6.68. The van der Waals surface area contributed by atoms with Crippen LogP contribution in [0.5, 0.6) is 0 Å². The van der Waals surface area contributed by atoms with E-state index in [0.29, 0.717) is 19.3 Å². The number of hydrogen-bond acceptors (Lipinski definition) is 3. The van der Waals surface area contributed by atoms with E-state index in [1.807, 2.05) is 30.3 Å². The third kappa shape index (κ3) is 4.04. The summed E-state index contributed by atoms with van der Waals surface area (Å²) in [6.07, 6.45) is 1.90. The maximum atomic E-state index is 11.8. The molecule has 0 unspecified atom stereocenters. The third-order valence-corrected chi connectivity index (χ3v) is 3.74. The number of nitrogens with one attached hydrogen (secondary N) is 1. The van der Waals surface area contributed by atoms with Crippen LogP contribution in [-0.2, 0) is 11.2 Å². The van der Waals surface area contributed by atoms with Gasteiger partial charge in [0.1, 0.15) is 0 Å². The molecule has 4 heteroatoms. The van der Waals surface area contributed by atoms with Crippen LogP contribution in [0.3, 0.4) is 0 Å². The average molecular weight is 263 g/mol. The maximum Gasteiger partial charge on any atom is 0.220 e. The predicted octanol–water partition coefficient (Wildman–Crippen LogP) is 0.867. The van der Waals surface area contributed by atoms with Crippen molar-refractivity contribution in [2.45, 2.75) is 37.8 Å². The summed E-state index contributed by atoms with van der Waals surface area (Å²) in [4.78, 5) is 11.8. The van der Waals surface area contributed by atoms with Crippen LogP contribution >= 0.6 is 0 Å². The molecule has 104 valence electrons. The van der Waals surface area contributed by atoms with Crippen molar-refractivity contribution in [3.8, 4) is 0 Å². The molecular formula is C15H21NO3. The third-order valence-electron chi connectivity index (χ3n) is 3.74. The highest BCUT2D eigenvalue weighted by Gasteiger charge is 2.32. The number of rotatable bonds is 5. The first-order valence-electron chi connectivity index (χ1n) is 6.81. The standard InChI is InChI=1S/C15H21NO3/c17-10-12-8-13(9-14(12)18)16-15(19)7-6-11-4-2-1-3-5-11/h1-5,12-14,17-18H,6-10H2,(H,16,19)/t12-,13-,14+/m0/s1. The van der Waals surface area contributed by atoms with Gasteiger partial charge in [-0.3, -0.25) is 4.79 Å². The van der Waals surface area contributed by atoms with Crippen LogP contribution in [0.15, 0.2) is 30.3 Å². The van der Waals surface area contributed by atoms with Crippen LogP contribution in [0.2, 0.25) is 0 Å². The summed E-state index contributed by atoms with van der Waals surface area (Å²) < 4.78 is 0. The molecule has 0 heterocycles. The van der Waals surface area contributed by atoms with E-state index < -0.39 is 6.10 Å². The Kier molecular flexibility index (Phi) is 4.93. The molecule has 1 amide bonds. The molecule has 1 saturated carbocycles. The lowest BCUT2D eigenvalue weighted by Gasteiger charge is -2.12. The Morgan fingerprint density at radius 2 is 2.00 bits per heavy atom. The van der Waals surface area contributed by atoms with E-state index >= 15 is 0 Å². The lowest BCUT2D eigenvalue weighted by molar-refractivity contribution is -0.121. The van der Waals surface area contributed by atoms with Crippen molar-refractivity contribution in [2.75, 3.05) is 6.61 Å². The quantitative estimate of drug-likeness (QED) is 0.738. The molecule has 1 aliphatic carbocycles. The first kappa shape index (κ1) is 14.0. The fourth-order valence-corrected chi connectivity index (χ4v) is 2.62. The van der Waals surface area contributed by atoms with Crippen molar-refractivity contribution in [1.82, 2.24) is 5.32 Å². The fourth-order valence-electron chi connectivity index (χ4n) is 2.62. The monoisotopic (exact) mass is 263 g/mol. The molecule has 4 nitrogen and oxygen atoms in total. The van der Waals surface area contributed by atoms with Gasteiger partial charge in [0.25, 0.3) is 0 Å². The normalized spacial score (nSPS) is 26.3. The molecule has 1 aromatic carbocycles. The number of amides is 1. The minimum Gasteiger partial charge on any atom is -0.396 e. The number of aliphatic hydroxyl groups is 2. The van der Waals surface area contributed by atoms with Crippen LogP contribution in [-0.4, -0.2) is 34.9 Å². The van der Waals surface area contributed by atoms with Crippen molar-refractivity contribution in [3.05, 3.63) is 35.9 Å². The lowest BCUT2D eigenvalue weighted by Crippen LogP contribution is -2.33. The van der Waals surface area contributed by atoms with Gasteiger partial charge >= 0.3 is 0 Å². The zero-order valence-electron chi connectivity index (χ0n) is 11.0. The number of hydrogen-bond donors (Lipinski definition) is 3. The van der Waals surface area contributed by atoms with Gasteiger partial charge in [0.15, 0.2) is 0 Å². The van der Waals surface area contributed by atoms with Crippen LogP contribution in [0.25, 0.3) is 0 Å². The molecule has 3 atom stereocenters. The SMILES string of the molecule is O=C(CCc1ccccc1)N[C@H]1C[C@@H](CO)[C@H](O)C1. The molecule has 0 bridgehead atoms. The van der Waals surface area contributed by atoms with Crippen molar-refractivity contribution in [2.24, 2.45) is 5.92 Å². The van der Waals surface area contributed by atoms with Gasteiger partial charge in [-0.05, 0) is 24.8 Å². The number of carbonyl (C=O) groups is 1. The highest BCUT2D eigenvalue weighted by molar-refractivity contribution is 5.76. The van der Waals surface area contributed by atoms with Gasteiger partial charge in [0.05, 0.1) is 6.10 Å². The molecule has 0 radical (unpaired) electrons. The van der Waals surface area contributed by atoms with E-state index in [1.165, 1.54) is 0 Å². The van der Waals surface area contributed by atoms with Gasteiger partial charge in [0, 0.05) is 25.0 Å². The predicted molar refractivity (Wildman–Crippen MR) is 72.5 cm³/mol. The summed E-state index contributed by atoms with van der Waals surface area (Å²) in [6.45, 7) is -0.0163. The van der Waals surface area contributed by atoms with Gasteiger partial charge in [-0.15, -0.1) is 0 Å². The minimum atomic E-state index is -0.496. The van der Waals surface area contributed by atoms with Crippen LogP contribution in [0, 0.1) is 5.92 Å². The topological polar surface area (TPSA) is 69.6 Å². The molecule has 19 heavy (non-hydrogen) atoms. The molecule has 0 spiro atoms. The van der Waals surface area contributed by atoms with E-state index in [4.69, 9.17) is 5.11 Å². The second-order valence-corrected chi connectivity index (χ2v) is 5.23. The highest BCUT2D eigenvalue weighted by atomic mass is 16.3. The summed E-state index contributed by atoms with van der Waals surface area (Å²) in [5.74, 6) is -0.0842. The Labute approximate surface area is 113 Å². The zero-order valence-corrected chi connectivity index (χ0v) is 11.0. The number of aliphatic hydroxyl groups excluding tert-OH is 2. The van der Waals surface area contributed by atoms with Crippen molar-refractivity contribution < 1.29 is 15.0 Å². The van der Waals surface area contributed by atoms with Crippen LogP contribution in [0.4, 0.5) is 0 Å². The summed E-state index contributed by atoms with van der Waals surface area (Å²) in [6, 6.07) is 9.90. The number of benzene rings is 1. The maximum absolute atomic E-state index is 11.8. The molecule has 3 N–H and O–H groups in total. The Balaban J connectivity index is 1.73. The average Bonchev–Trinajstić information content (AvgIpc) is 2.77. The summed E-state index contributed by atoms with van der Waals surface area (Å²) in [5, 5.41) is 21.7. The minimum absolute atomic E-state index is 0.00424. The summed E-state index contributed by atoms with van der Waals surface area (Å²) in [7, 11) is 0. The van der Waals surface area contributed by atoms with Gasteiger partial charge in [-0.1, -0.05) is 30.3 Å². The molecule has 0 aliphatic heterocycles. The van der Waals surface area contributed by atoms with Crippen molar-refractivity contribution >= 4 is 5.91 Å². The summed E-state index contributed by atoms with van der Waals surface area (Å²) in [5.41, 5.74) is 1.15. The molecule has 1 aromatic rings. The molecule has 2 rings (SSSR count). The lowest BCUT2D eigenvalue weighted by atomic mass is 10.1. The Bertz CT molecular complexity index is 407. The highest BCUT2D eigenvalue weighted by Crippen LogP contribution is 2.25. The first-order valence-corrected chi connectivity index (χ1v) is 6.81. The Morgan fingerprint density at radius 1 is 1.26 bits per heavy atom. The van der Waals surface area contributed by atoms with Crippen LogP contribution in [0.1, 0.15) is 24.8 Å². The van der Waals surface area contributed by atoms with E-state index in [2.05, 4.69) is 5.32 Å². The Morgan fingerprint density at radius 3 is 2.63 bits per heavy atom. The molecule has 0 aromatic heterocycles. The fraction of sp³-hybridized carbons (Fsp3) is 0.533. The largest absolute Gasteiger partial charge is 0.396 e. The molecular weight excluding hydrogens is 242 g/mol. The first-order chi connectivity index (χ1) is 9.19. The van der Waals surface area contributed by atoms with E-state index in [-0.39, 0.29) is 24.5 Å². The van der Waals surface area contributed by atoms with Crippen LogP contribution < -0.4 is 5.32 Å². The zero-order chi connectivity index (χ0) is 13.7. The number of carbonyl (C=O) groups excluding carboxylic acids is 1. The van der Waals surface area contributed by atoms with E-state index in [1.54, 1.807) is 0 Å².